The number of hydrogen-bond donors (Lipinski definition) is 3. The lowest BCUT2D eigenvalue weighted by Crippen LogP contribution is -2.32. The van der Waals surface area contributed by atoms with Gasteiger partial charge < -0.3 is 10.7 Å². The van der Waals surface area contributed by atoms with Crippen molar-refractivity contribution in [2.75, 3.05) is 18.2 Å². The Labute approximate surface area is 110 Å². The van der Waals surface area contributed by atoms with Crippen LogP contribution in [-0.4, -0.2) is 28.2 Å². The van der Waals surface area contributed by atoms with Gasteiger partial charge in [-0.2, -0.15) is 0 Å². The molecule has 0 aliphatic rings. The van der Waals surface area contributed by atoms with Crippen LogP contribution in [0.25, 0.3) is 0 Å². The van der Waals surface area contributed by atoms with Gasteiger partial charge >= 0.3 is 0 Å². The lowest BCUT2D eigenvalue weighted by Gasteiger charge is -2.12. The maximum absolute atomic E-state index is 11.9. The van der Waals surface area contributed by atoms with E-state index in [1.807, 2.05) is 13.8 Å². The van der Waals surface area contributed by atoms with E-state index in [4.69, 9.17) is 5.84 Å². The number of nitrogen functional groups attached to an aromatic ring is 1. The van der Waals surface area contributed by atoms with E-state index in [1.165, 1.54) is 0 Å². The molecule has 0 bridgehead atoms. The number of benzene rings is 1. The van der Waals surface area contributed by atoms with Crippen LogP contribution in [0.5, 0.6) is 0 Å². The van der Waals surface area contributed by atoms with E-state index in [0.29, 0.717) is 12.1 Å². The molecule has 100 valence electrons. The van der Waals surface area contributed by atoms with Crippen LogP contribution in [0, 0.1) is 6.92 Å². The molecule has 1 aromatic rings. The third kappa shape index (κ3) is 3.82. The van der Waals surface area contributed by atoms with Gasteiger partial charge in [-0.15, -0.1) is 0 Å². The SMILES string of the molecule is Cc1cc(NN)ccc1C(=O)NCC(C)S(C)=O. The van der Waals surface area contributed by atoms with Gasteiger partial charge in [-0.05, 0) is 37.6 Å². The Hall–Kier alpha value is -1.40. The zero-order chi connectivity index (χ0) is 13.7. The number of nitrogens with two attached hydrogens (primary N) is 1. The highest BCUT2D eigenvalue weighted by Gasteiger charge is 2.12. The molecule has 4 N–H and O–H groups in total. The molecule has 1 rings (SSSR count). The molecular weight excluding hydrogens is 250 g/mol. The zero-order valence-electron chi connectivity index (χ0n) is 10.8. The van der Waals surface area contributed by atoms with Crippen molar-refractivity contribution in [1.82, 2.24) is 5.32 Å². The molecule has 1 amide bonds. The molecule has 0 saturated carbocycles. The first-order valence-corrected chi connectivity index (χ1v) is 7.25. The first-order valence-electron chi connectivity index (χ1n) is 5.63. The highest BCUT2D eigenvalue weighted by molar-refractivity contribution is 7.84. The van der Waals surface area contributed by atoms with Crippen LogP contribution in [0.4, 0.5) is 5.69 Å². The number of hydrogen-bond acceptors (Lipinski definition) is 4. The Morgan fingerprint density at radius 2 is 2.17 bits per heavy atom. The largest absolute Gasteiger partial charge is 0.351 e. The third-order valence-electron chi connectivity index (χ3n) is 2.75. The molecule has 0 fully saturated rings. The molecule has 0 aliphatic heterocycles. The second-order valence-corrected chi connectivity index (χ2v) is 6.00. The average Bonchev–Trinajstić information content (AvgIpc) is 2.34. The molecule has 0 heterocycles. The molecule has 18 heavy (non-hydrogen) atoms. The Bertz CT molecular complexity index is 463. The van der Waals surface area contributed by atoms with Gasteiger partial charge in [0.05, 0.1) is 0 Å². The van der Waals surface area contributed by atoms with Crippen LogP contribution in [0.15, 0.2) is 18.2 Å². The topological polar surface area (TPSA) is 84.2 Å². The Kier molecular flexibility index (Phi) is 5.30. The van der Waals surface area contributed by atoms with E-state index in [1.54, 1.807) is 24.5 Å². The van der Waals surface area contributed by atoms with Gasteiger partial charge in [-0.3, -0.25) is 14.8 Å². The first-order chi connectivity index (χ1) is 8.45. The minimum atomic E-state index is -0.935. The number of rotatable bonds is 5. The van der Waals surface area contributed by atoms with Crippen molar-refractivity contribution in [3.05, 3.63) is 29.3 Å². The lowest BCUT2D eigenvalue weighted by atomic mass is 10.1. The summed E-state index contributed by atoms with van der Waals surface area (Å²) in [6, 6.07) is 5.26. The molecular formula is C12H19N3O2S. The van der Waals surface area contributed by atoms with E-state index in [0.717, 1.165) is 11.3 Å². The quantitative estimate of drug-likeness (QED) is 0.545. The second-order valence-electron chi connectivity index (χ2n) is 4.19. The van der Waals surface area contributed by atoms with Crippen molar-refractivity contribution in [3.63, 3.8) is 0 Å². The van der Waals surface area contributed by atoms with Gasteiger partial charge in [0.15, 0.2) is 0 Å². The minimum absolute atomic E-state index is 0.0563. The summed E-state index contributed by atoms with van der Waals surface area (Å²) in [5, 5.41) is 2.72. The number of nitrogens with one attached hydrogen (secondary N) is 2. The molecule has 5 nitrogen and oxygen atoms in total. The van der Waals surface area contributed by atoms with Crippen LogP contribution < -0.4 is 16.6 Å². The van der Waals surface area contributed by atoms with Crippen LogP contribution in [0.3, 0.4) is 0 Å². The standard InChI is InChI=1S/C12H19N3O2S/c1-8-6-10(15-13)4-5-11(8)12(16)14-7-9(2)18(3)17/h4-6,9,15H,7,13H2,1-3H3,(H,14,16). The number of carbonyl (C=O) groups is 1. The highest BCUT2D eigenvalue weighted by Crippen LogP contribution is 2.14. The summed E-state index contributed by atoms with van der Waals surface area (Å²) in [6.07, 6.45) is 1.63. The van der Waals surface area contributed by atoms with Crippen molar-refractivity contribution >= 4 is 22.4 Å². The van der Waals surface area contributed by atoms with Crippen LogP contribution in [0.2, 0.25) is 0 Å². The number of aryl methyl sites for hydroxylation is 1. The third-order valence-corrected chi connectivity index (χ3v) is 4.05. The Morgan fingerprint density at radius 3 is 2.67 bits per heavy atom. The van der Waals surface area contributed by atoms with Gasteiger partial charge in [0, 0.05) is 40.1 Å². The summed E-state index contributed by atoms with van der Waals surface area (Å²) in [6.45, 7) is 4.08. The average molecular weight is 269 g/mol. The van der Waals surface area contributed by atoms with Crippen LogP contribution in [0.1, 0.15) is 22.8 Å². The number of hydrazine groups is 1. The highest BCUT2D eigenvalue weighted by atomic mass is 32.2. The molecule has 2 unspecified atom stereocenters. The second kappa shape index (κ2) is 6.51. The Balaban J connectivity index is 2.70. The van der Waals surface area contributed by atoms with Gasteiger partial charge in [-0.25, -0.2) is 0 Å². The summed E-state index contributed by atoms with van der Waals surface area (Å²) < 4.78 is 11.2. The molecule has 0 radical (unpaired) electrons. The fraction of sp³-hybridized carbons (Fsp3) is 0.417. The summed E-state index contributed by atoms with van der Waals surface area (Å²) in [4.78, 5) is 11.9. The summed E-state index contributed by atoms with van der Waals surface area (Å²) in [5.41, 5.74) is 4.72. The Morgan fingerprint density at radius 1 is 1.50 bits per heavy atom. The molecule has 2 atom stereocenters. The monoisotopic (exact) mass is 269 g/mol. The van der Waals surface area contributed by atoms with Crippen molar-refractivity contribution in [2.24, 2.45) is 5.84 Å². The number of carbonyl (C=O) groups excluding carboxylic acids is 1. The molecule has 0 saturated heterocycles. The maximum atomic E-state index is 11.9. The predicted octanol–water partition coefficient (Wildman–Crippen LogP) is 0.777. The minimum Gasteiger partial charge on any atom is -0.351 e. The van der Waals surface area contributed by atoms with Gasteiger partial charge in [0.1, 0.15) is 0 Å². The van der Waals surface area contributed by atoms with E-state index in [2.05, 4.69) is 10.7 Å². The summed E-state index contributed by atoms with van der Waals surface area (Å²) in [5.74, 6) is 5.13. The molecule has 0 spiro atoms. The fourth-order valence-electron chi connectivity index (χ4n) is 1.46. The smallest absolute Gasteiger partial charge is 0.251 e. The number of anilines is 1. The van der Waals surface area contributed by atoms with Crippen molar-refractivity contribution < 1.29 is 9.00 Å². The normalized spacial score (nSPS) is 13.8. The van der Waals surface area contributed by atoms with Crippen molar-refractivity contribution in [1.29, 1.82) is 0 Å². The molecule has 6 heteroatoms. The molecule has 0 aromatic heterocycles. The predicted molar refractivity (Wildman–Crippen MR) is 74.9 cm³/mol. The lowest BCUT2D eigenvalue weighted by molar-refractivity contribution is 0.0953. The summed E-state index contributed by atoms with van der Waals surface area (Å²) >= 11 is 0. The molecule has 0 aliphatic carbocycles. The van der Waals surface area contributed by atoms with Crippen LogP contribution >= 0.6 is 0 Å². The van der Waals surface area contributed by atoms with E-state index < -0.39 is 10.8 Å². The van der Waals surface area contributed by atoms with E-state index in [9.17, 15) is 9.00 Å². The maximum Gasteiger partial charge on any atom is 0.251 e. The van der Waals surface area contributed by atoms with Gasteiger partial charge in [0.25, 0.3) is 5.91 Å². The van der Waals surface area contributed by atoms with Crippen LogP contribution in [-0.2, 0) is 10.8 Å². The van der Waals surface area contributed by atoms with Crippen molar-refractivity contribution in [2.45, 2.75) is 19.1 Å². The van der Waals surface area contributed by atoms with Gasteiger partial charge in [0.2, 0.25) is 0 Å². The fourth-order valence-corrected chi connectivity index (χ4v) is 1.78. The number of amides is 1. The van der Waals surface area contributed by atoms with Gasteiger partial charge in [-0.1, -0.05) is 0 Å². The molecule has 1 aromatic carbocycles. The van der Waals surface area contributed by atoms with E-state index in [-0.39, 0.29) is 11.2 Å². The summed E-state index contributed by atoms with van der Waals surface area (Å²) in [7, 11) is -0.935. The van der Waals surface area contributed by atoms with E-state index >= 15 is 0 Å². The zero-order valence-corrected chi connectivity index (χ0v) is 11.6. The van der Waals surface area contributed by atoms with Crippen molar-refractivity contribution in [3.8, 4) is 0 Å². The first kappa shape index (κ1) is 14.7.